The molecule has 29 heavy (non-hydrogen) atoms. The zero-order valence-corrected chi connectivity index (χ0v) is 17.6. The maximum atomic E-state index is 12.4. The number of aromatic nitrogens is 2. The lowest BCUT2D eigenvalue weighted by Crippen LogP contribution is -2.48. The molecule has 1 aliphatic rings. The smallest absolute Gasteiger partial charge is 0.259 e. The zero-order chi connectivity index (χ0) is 21.1. The lowest BCUT2D eigenvalue weighted by atomic mass is 10.2. The number of nitrogens with one attached hydrogen (secondary N) is 3. The van der Waals surface area contributed by atoms with E-state index in [1.165, 1.54) is 16.2 Å². The van der Waals surface area contributed by atoms with Gasteiger partial charge in [-0.1, -0.05) is 0 Å². The predicted molar refractivity (Wildman–Crippen MR) is 110 cm³/mol. The molecule has 3 N–H and O–H groups in total. The fourth-order valence-corrected chi connectivity index (χ4v) is 4.57. The average molecular weight is 420 g/mol. The van der Waals surface area contributed by atoms with Crippen LogP contribution in [0.15, 0.2) is 4.79 Å². The number of carbonyl (C=O) groups is 3. The Bertz CT molecular complexity index is 1010. The molecule has 1 atom stereocenters. The number of amides is 3. The van der Waals surface area contributed by atoms with E-state index in [-0.39, 0.29) is 42.7 Å². The first-order chi connectivity index (χ1) is 13.8. The average Bonchev–Trinajstić information content (AvgIpc) is 3.29. The molecule has 10 heteroatoms. The molecule has 2 aromatic rings. The molecule has 156 valence electrons. The third kappa shape index (κ3) is 4.47. The zero-order valence-electron chi connectivity index (χ0n) is 16.8. The van der Waals surface area contributed by atoms with E-state index in [0.29, 0.717) is 29.0 Å². The molecule has 0 radical (unpaired) electrons. The lowest BCUT2D eigenvalue weighted by molar-refractivity contribution is -0.138. The van der Waals surface area contributed by atoms with Gasteiger partial charge in [0.05, 0.1) is 11.9 Å². The van der Waals surface area contributed by atoms with E-state index < -0.39 is 6.04 Å². The third-order valence-electron chi connectivity index (χ3n) is 5.24. The summed E-state index contributed by atoms with van der Waals surface area (Å²) >= 11 is 1.46. The van der Waals surface area contributed by atoms with E-state index in [1.807, 2.05) is 13.8 Å². The largest absolute Gasteiger partial charge is 0.357 e. The van der Waals surface area contributed by atoms with E-state index in [0.717, 1.165) is 16.9 Å². The van der Waals surface area contributed by atoms with Gasteiger partial charge in [-0.3, -0.25) is 19.2 Å². The monoisotopic (exact) mass is 419 g/mol. The van der Waals surface area contributed by atoms with Crippen molar-refractivity contribution >= 4 is 39.3 Å². The SMILES string of the molecule is CNC(=O)C1CCCN1C(=O)CNC(=O)CCc1nc2sc(C)c(C)c2c(=O)[nH]1. The summed E-state index contributed by atoms with van der Waals surface area (Å²) in [5, 5.41) is 5.75. The first kappa shape index (κ1) is 21.0. The van der Waals surface area contributed by atoms with Crippen LogP contribution in [0.2, 0.25) is 0 Å². The fraction of sp³-hybridized carbons (Fsp3) is 0.526. The van der Waals surface area contributed by atoms with Crippen LogP contribution in [-0.4, -0.2) is 58.8 Å². The number of aromatic amines is 1. The van der Waals surface area contributed by atoms with E-state index >= 15 is 0 Å². The highest BCUT2D eigenvalue weighted by atomic mass is 32.1. The molecule has 0 aromatic carbocycles. The Morgan fingerprint density at radius 1 is 1.31 bits per heavy atom. The highest BCUT2D eigenvalue weighted by molar-refractivity contribution is 7.18. The van der Waals surface area contributed by atoms with Gasteiger partial charge >= 0.3 is 0 Å². The van der Waals surface area contributed by atoms with Gasteiger partial charge in [-0.05, 0) is 32.3 Å². The van der Waals surface area contributed by atoms with E-state index in [4.69, 9.17) is 0 Å². The first-order valence-electron chi connectivity index (χ1n) is 9.58. The summed E-state index contributed by atoms with van der Waals surface area (Å²) in [5.74, 6) is -0.326. The van der Waals surface area contributed by atoms with Gasteiger partial charge in [-0.15, -0.1) is 11.3 Å². The molecule has 1 unspecified atom stereocenters. The summed E-state index contributed by atoms with van der Waals surface area (Å²) in [7, 11) is 1.54. The van der Waals surface area contributed by atoms with Crippen LogP contribution in [0.4, 0.5) is 0 Å². The molecular weight excluding hydrogens is 394 g/mol. The number of aryl methyl sites for hydroxylation is 3. The maximum Gasteiger partial charge on any atom is 0.259 e. The number of nitrogens with zero attached hydrogens (tertiary/aromatic N) is 2. The molecule has 3 amide bonds. The molecule has 2 aromatic heterocycles. The second-order valence-corrected chi connectivity index (χ2v) is 8.32. The Morgan fingerprint density at radius 3 is 2.79 bits per heavy atom. The van der Waals surface area contributed by atoms with Crippen molar-refractivity contribution in [1.29, 1.82) is 0 Å². The number of hydrogen-bond acceptors (Lipinski definition) is 6. The third-order valence-corrected chi connectivity index (χ3v) is 6.34. The van der Waals surface area contributed by atoms with E-state index in [2.05, 4.69) is 20.6 Å². The second-order valence-electron chi connectivity index (χ2n) is 7.11. The number of hydrogen-bond donors (Lipinski definition) is 3. The van der Waals surface area contributed by atoms with Gasteiger partial charge in [0, 0.05) is 31.3 Å². The minimum atomic E-state index is -0.469. The second kappa shape index (κ2) is 8.73. The molecule has 0 spiro atoms. The van der Waals surface area contributed by atoms with Gasteiger partial charge in [0.25, 0.3) is 5.56 Å². The molecule has 0 saturated carbocycles. The summed E-state index contributed by atoms with van der Waals surface area (Å²) < 4.78 is 0. The highest BCUT2D eigenvalue weighted by Crippen LogP contribution is 2.25. The summed E-state index contributed by atoms with van der Waals surface area (Å²) in [6, 6.07) is -0.469. The van der Waals surface area contributed by atoms with Crippen LogP contribution < -0.4 is 16.2 Å². The van der Waals surface area contributed by atoms with Crippen LogP contribution in [0.5, 0.6) is 0 Å². The number of rotatable bonds is 6. The Balaban J connectivity index is 1.54. The van der Waals surface area contributed by atoms with Gasteiger partial charge in [0.1, 0.15) is 16.7 Å². The minimum Gasteiger partial charge on any atom is -0.357 e. The Kier molecular flexibility index (Phi) is 6.31. The first-order valence-corrected chi connectivity index (χ1v) is 10.4. The van der Waals surface area contributed by atoms with Crippen molar-refractivity contribution in [2.45, 2.75) is 45.6 Å². The van der Waals surface area contributed by atoms with Crippen LogP contribution in [0, 0.1) is 13.8 Å². The molecule has 1 fully saturated rings. The molecule has 1 aliphatic heterocycles. The number of carbonyl (C=O) groups excluding carboxylic acids is 3. The molecule has 9 nitrogen and oxygen atoms in total. The van der Waals surface area contributed by atoms with Crippen LogP contribution in [0.1, 0.15) is 35.5 Å². The maximum absolute atomic E-state index is 12.4. The van der Waals surface area contributed by atoms with Gasteiger partial charge < -0.3 is 20.5 Å². The van der Waals surface area contributed by atoms with Crippen molar-refractivity contribution in [2.75, 3.05) is 20.1 Å². The van der Waals surface area contributed by atoms with Gasteiger partial charge in [-0.25, -0.2) is 4.98 Å². The topological polar surface area (TPSA) is 124 Å². The molecule has 3 heterocycles. The number of H-pyrrole nitrogens is 1. The number of thiophene rings is 1. The van der Waals surface area contributed by atoms with Gasteiger partial charge in [0.2, 0.25) is 17.7 Å². The van der Waals surface area contributed by atoms with Crippen molar-refractivity contribution in [3.63, 3.8) is 0 Å². The van der Waals surface area contributed by atoms with Gasteiger partial charge in [-0.2, -0.15) is 0 Å². The van der Waals surface area contributed by atoms with Crippen molar-refractivity contribution < 1.29 is 14.4 Å². The number of likely N-dealkylation sites (tertiary alicyclic amines) is 1. The Labute approximate surface area is 171 Å². The molecule has 3 rings (SSSR count). The number of likely N-dealkylation sites (N-methyl/N-ethyl adjacent to an activating group) is 1. The lowest BCUT2D eigenvalue weighted by Gasteiger charge is -2.23. The van der Waals surface area contributed by atoms with Crippen molar-refractivity contribution in [3.05, 3.63) is 26.6 Å². The minimum absolute atomic E-state index is 0.101. The summed E-state index contributed by atoms with van der Waals surface area (Å²) in [5.41, 5.74) is 0.732. The molecular formula is C19H25N5O4S. The molecule has 0 bridgehead atoms. The highest BCUT2D eigenvalue weighted by Gasteiger charge is 2.33. The van der Waals surface area contributed by atoms with Crippen molar-refractivity contribution in [3.8, 4) is 0 Å². The van der Waals surface area contributed by atoms with Crippen LogP contribution in [0.25, 0.3) is 10.2 Å². The normalized spacial score (nSPS) is 16.2. The van der Waals surface area contributed by atoms with Gasteiger partial charge in [0.15, 0.2) is 0 Å². The van der Waals surface area contributed by atoms with Crippen molar-refractivity contribution in [1.82, 2.24) is 25.5 Å². The summed E-state index contributed by atoms with van der Waals surface area (Å²) in [6.45, 7) is 4.20. The van der Waals surface area contributed by atoms with Crippen LogP contribution >= 0.6 is 11.3 Å². The predicted octanol–water partition coefficient (Wildman–Crippen LogP) is 0.387. The quantitative estimate of drug-likeness (QED) is 0.625. The molecule has 0 aliphatic carbocycles. The van der Waals surface area contributed by atoms with E-state index in [9.17, 15) is 19.2 Å². The Morgan fingerprint density at radius 2 is 2.07 bits per heavy atom. The number of fused-ring (bicyclic) bond motifs is 1. The Hall–Kier alpha value is -2.75. The van der Waals surface area contributed by atoms with Crippen molar-refractivity contribution in [2.24, 2.45) is 0 Å². The summed E-state index contributed by atoms with van der Waals surface area (Å²) in [4.78, 5) is 59.0. The van der Waals surface area contributed by atoms with Crippen LogP contribution in [0.3, 0.4) is 0 Å². The standard InChI is InChI=1S/C19H25N5O4S/c1-10-11(2)29-19-16(10)18(28)22-13(23-19)6-7-14(25)21-9-15(26)24-8-4-5-12(24)17(27)20-3/h12H,4-9H2,1-3H3,(H,20,27)(H,21,25)(H,22,23,28). The molecule has 1 saturated heterocycles. The van der Waals surface area contributed by atoms with Crippen LogP contribution in [-0.2, 0) is 20.8 Å². The van der Waals surface area contributed by atoms with E-state index in [1.54, 1.807) is 7.05 Å². The summed E-state index contributed by atoms with van der Waals surface area (Å²) in [6.07, 6.45) is 1.76. The fourth-order valence-electron chi connectivity index (χ4n) is 3.52.